The average Bonchev–Trinajstić information content (AvgIpc) is 2.26. The lowest BCUT2D eigenvalue weighted by molar-refractivity contribution is 0.603. The van der Waals surface area contributed by atoms with Crippen LogP contribution in [0.4, 0.5) is 11.9 Å². The van der Waals surface area contributed by atoms with Crippen LogP contribution in [0.3, 0.4) is 0 Å². The van der Waals surface area contributed by atoms with Gasteiger partial charge >= 0.3 is 0 Å². The summed E-state index contributed by atoms with van der Waals surface area (Å²) >= 11 is 1.30. The second-order valence-corrected chi connectivity index (χ2v) is 7.19. The lowest BCUT2D eigenvalue weighted by atomic mass is 10.8. The van der Waals surface area contributed by atoms with Crippen LogP contribution in [0.2, 0.25) is 0 Å². The second kappa shape index (κ2) is 6.19. The first kappa shape index (κ1) is 15.0. The molecule has 1 aromatic rings. The van der Waals surface area contributed by atoms with E-state index in [2.05, 4.69) is 20.3 Å². The molecule has 0 unspecified atom stereocenters. The van der Waals surface area contributed by atoms with E-state index in [1.54, 1.807) is 11.9 Å². The van der Waals surface area contributed by atoms with Crippen molar-refractivity contribution in [3.63, 3.8) is 0 Å². The third kappa shape index (κ3) is 5.05. The molecule has 0 radical (unpaired) electrons. The lowest BCUT2D eigenvalue weighted by Gasteiger charge is -2.12. The molecular weight excluding hydrogens is 274 g/mol. The highest BCUT2D eigenvalue weighted by atomic mass is 32.2. The number of thioether (sulfide) groups is 1. The van der Waals surface area contributed by atoms with Gasteiger partial charge in [0, 0.05) is 33.2 Å². The Labute approximate surface area is 111 Å². The quantitative estimate of drug-likeness (QED) is 0.739. The molecule has 0 fully saturated rings. The normalized spacial score (nSPS) is 11.3. The van der Waals surface area contributed by atoms with Gasteiger partial charge in [-0.15, -0.1) is 0 Å². The van der Waals surface area contributed by atoms with Crippen molar-refractivity contribution in [2.45, 2.75) is 5.16 Å². The number of sulfone groups is 1. The summed E-state index contributed by atoms with van der Waals surface area (Å²) < 4.78 is 22.1. The van der Waals surface area contributed by atoms with Gasteiger partial charge in [0.15, 0.2) is 5.16 Å². The molecule has 0 saturated heterocycles. The maximum absolute atomic E-state index is 11.0. The van der Waals surface area contributed by atoms with Gasteiger partial charge in [0.2, 0.25) is 11.9 Å². The van der Waals surface area contributed by atoms with Gasteiger partial charge in [-0.1, -0.05) is 11.8 Å². The van der Waals surface area contributed by atoms with Crippen molar-refractivity contribution in [2.75, 3.05) is 49.1 Å². The highest BCUT2D eigenvalue weighted by molar-refractivity contribution is 8.00. The summed E-state index contributed by atoms with van der Waals surface area (Å²) in [6.07, 6.45) is 1.21. The van der Waals surface area contributed by atoms with Crippen molar-refractivity contribution in [3.8, 4) is 0 Å². The van der Waals surface area contributed by atoms with Crippen LogP contribution in [-0.2, 0) is 9.84 Å². The molecule has 102 valence electrons. The van der Waals surface area contributed by atoms with Gasteiger partial charge in [-0.05, 0) is 0 Å². The summed E-state index contributed by atoms with van der Waals surface area (Å²) in [4.78, 5) is 14.3. The summed E-state index contributed by atoms with van der Waals surface area (Å²) in [6.45, 7) is 0. The first-order valence-corrected chi connectivity index (χ1v) is 8.28. The Hall–Kier alpha value is -1.09. The van der Waals surface area contributed by atoms with Crippen LogP contribution in [-0.4, -0.2) is 62.3 Å². The van der Waals surface area contributed by atoms with E-state index in [4.69, 9.17) is 0 Å². The highest BCUT2D eigenvalue weighted by Crippen LogP contribution is 2.17. The van der Waals surface area contributed by atoms with Crippen LogP contribution in [0.25, 0.3) is 0 Å². The molecule has 9 heteroatoms. The monoisotopic (exact) mass is 291 g/mol. The average molecular weight is 291 g/mol. The Morgan fingerprint density at radius 2 is 1.94 bits per heavy atom. The van der Waals surface area contributed by atoms with Gasteiger partial charge in [0.05, 0.1) is 5.75 Å². The molecular formula is C9H17N5O2S2. The minimum atomic E-state index is -2.95. The third-order valence-electron chi connectivity index (χ3n) is 1.91. The summed E-state index contributed by atoms with van der Waals surface area (Å²) in [7, 11) is 2.43. The number of hydrogen-bond acceptors (Lipinski definition) is 8. The van der Waals surface area contributed by atoms with Crippen LogP contribution in [0.1, 0.15) is 0 Å². The number of anilines is 2. The first-order chi connectivity index (χ1) is 8.31. The van der Waals surface area contributed by atoms with E-state index in [9.17, 15) is 8.42 Å². The minimum absolute atomic E-state index is 0.107. The minimum Gasteiger partial charge on any atom is -0.357 e. The Morgan fingerprint density at radius 1 is 1.28 bits per heavy atom. The number of nitrogens with one attached hydrogen (secondary N) is 1. The van der Waals surface area contributed by atoms with Crippen LogP contribution < -0.4 is 10.2 Å². The fourth-order valence-electron chi connectivity index (χ4n) is 1.01. The lowest BCUT2D eigenvalue weighted by Crippen LogP contribution is -2.15. The Kier molecular flexibility index (Phi) is 5.15. The summed E-state index contributed by atoms with van der Waals surface area (Å²) in [5.41, 5.74) is 0. The van der Waals surface area contributed by atoms with Crippen molar-refractivity contribution in [1.82, 2.24) is 15.0 Å². The molecule has 1 aromatic heterocycles. The Balaban J connectivity index is 2.78. The largest absolute Gasteiger partial charge is 0.357 e. The molecule has 1 heterocycles. The molecule has 18 heavy (non-hydrogen) atoms. The molecule has 0 spiro atoms. The fraction of sp³-hybridized carbons (Fsp3) is 0.667. The summed E-state index contributed by atoms with van der Waals surface area (Å²) in [5.74, 6) is 1.54. The third-order valence-corrected chi connectivity index (χ3v) is 3.97. The van der Waals surface area contributed by atoms with Gasteiger partial charge in [0.25, 0.3) is 0 Å². The van der Waals surface area contributed by atoms with Gasteiger partial charge in [0.1, 0.15) is 9.84 Å². The van der Waals surface area contributed by atoms with E-state index in [-0.39, 0.29) is 5.75 Å². The van der Waals surface area contributed by atoms with Crippen LogP contribution in [0.15, 0.2) is 5.16 Å². The van der Waals surface area contributed by atoms with E-state index in [1.165, 1.54) is 18.0 Å². The topological polar surface area (TPSA) is 88.1 Å². The molecule has 0 aliphatic heterocycles. The van der Waals surface area contributed by atoms with E-state index in [0.29, 0.717) is 22.8 Å². The van der Waals surface area contributed by atoms with Crippen LogP contribution >= 0.6 is 11.8 Å². The van der Waals surface area contributed by atoms with Gasteiger partial charge in [-0.2, -0.15) is 15.0 Å². The molecule has 0 aliphatic rings. The van der Waals surface area contributed by atoms with E-state index in [0.717, 1.165) is 0 Å². The van der Waals surface area contributed by atoms with Crippen molar-refractivity contribution in [2.24, 2.45) is 0 Å². The molecule has 0 atom stereocenters. The fourth-order valence-corrected chi connectivity index (χ4v) is 3.03. The zero-order valence-corrected chi connectivity index (χ0v) is 12.5. The van der Waals surface area contributed by atoms with Gasteiger partial charge < -0.3 is 10.2 Å². The summed E-state index contributed by atoms with van der Waals surface area (Å²) in [5, 5.41) is 3.36. The van der Waals surface area contributed by atoms with Crippen LogP contribution in [0, 0.1) is 0 Å². The molecule has 0 saturated carbocycles. The molecule has 1 rings (SSSR count). The maximum Gasteiger partial charge on any atom is 0.230 e. The summed E-state index contributed by atoms with van der Waals surface area (Å²) in [6, 6.07) is 0. The van der Waals surface area contributed by atoms with Gasteiger partial charge in [-0.25, -0.2) is 8.42 Å². The molecule has 0 aliphatic carbocycles. The molecule has 0 bridgehead atoms. The predicted octanol–water partition coefficient (Wildman–Crippen LogP) is 0.116. The van der Waals surface area contributed by atoms with Crippen molar-refractivity contribution >= 4 is 33.5 Å². The van der Waals surface area contributed by atoms with Gasteiger partial charge in [-0.3, -0.25) is 0 Å². The van der Waals surface area contributed by atoms with Crippen molar-refractivity contribution in [1.29, 1.82) is 0 Å². The smallest absolute Gasteiger partial charge is 0.230 e. The number of hydrogen-bond donors (Lipinski definition) is 1. The predicted molar refractivity (Wildman–Crippen MR) is 74.1 cm³/mol. The SMILES string of the molecule is CNc1nc(SCCS(C)(=O)=O)nc(N(C)C)n1. The van der Waals surface area contributed by atoms with Crippen molar-refractivity contribution < 1.29 is 8.42 Å². The highest BCUT2D eigenvalue weighted by Gasteiger charge is 2.09. The zero-order valence-electron chi connectivity index (χ0n) is 10.8. The van der Waals surface area contributed by atoms with E-state index in [1.807, 2.05) is 14.1 Å². The zero-order chi connectivity index (χ0) is 13.8. The van der Waals surface area contributed by atoms with E-state index >= 15 is 0 Å². The number of rotatable bonds is 6. The molecule has 0 aromatic carbocycles. The first-order valence-electron chi connectivity index (χ1n) is 5.23. The Bertz CT molecular complexity index is 504. The molecule has 1 N–H and O–H groups in total. The molecule has 0 amide bonds. The van der Waals surface area contributed by atoms with E-state index < -0.39 is 9.84 Å². The maximum atomic E-state index is 11.0. The second-order valence-electron chi connectivity index (χ2n) is 3.86. The standard InChI is InChI=1S/C9H17N5O2S2/c1-10-7-11-8(14(2)3)13-9(12-7)17-5-6-18(4,15)16/h5-6H2,1-4H3,(H,10,11,12,13). The number of aromatic nitrogens is 3. The number of nitrogens with zero attached hydrogens (tertiary/aromatic N) is 4. The van der Waals surface area contributed by atoms with Crippen molar-refractivity contribution in [3.05, 3.63) is 0 Å². The van der Waals surface area contributed by atoms with Crippen LogP contribution in [0.5, 0.6) is 0 Å². The molecule has 7 nitrogen and oxygen atoms in total. The Morgan fingerprint density at radius 3 is 2.44 bits per heavy atom.